The van der Waals surface area contributed by atoms with E-state index in [1.54, 1.807) is 11.3 Å². The molecule has 3 heteroatoms. The summed E-state index contributed by atoms with van der Waals surface area (Å²) < 4.78 is 1.19. The Hall–Kier alpha value is 0.0900. The zero-order valence-corrected chi connectivity index (χ0v) is 7.19. The standard InChI is InChI=1S/C6H9OPS/c1-4-5(3-7)2-6(8)9-4/h2,7H,3,8H2,1H3. The summed E-state index contributed by atoms with van der Waals surface area (Å²) in [6.07, 6.45) is 0. The number of aliphatic hydroxyl groups excluding tert-OH is 1. The first-order chi connectivity index (χ1) is 4.24. The van der Waals surface area contributed by atoms with Crippen LogP contribution in [-0.2, 0) is 6.61 Å². The Morgan fingerprint density at radius 2 is 2.44 bits per heavy atom. The molecule has 1 aromatic heterocycles. The first-order valence-electron chi connectivity index (χ1n) is 2.69. The molecule has 1 N–H and O–H groups in total. The monoisotopic (exact) mass is 160 g/mol. The minimum Gasteiger partial charge on any atom is -0.392 e. The molecule has 1 aromatic rings. The van der Waals surface area contributed by atoms with Gasteiger partial charge < -0.3 is 5.11 Å². The van der Waals surface area contributed by atoms with Crippen LogP contribution in [0.3, 0.4) is 0 Å². The van der Waals surface area contributed by atoms with Gasteiger partial charge in [0.15, 0.2) is 0 Å². The Kier molecular flexibility index (Phi) is 2.23. The van der Waals surface area contributed by atoms with Crippen molar-refractivity contribution in [1.29, 1.82) is 0 Å². The highest BCUT2D eigenvalue weighted by Crippen LogP contribution is 2.14. The van der Waals surface area contributed by atoms with Gasteiger partial charge in [0.1, 0.15) is 0 Å². The van der Waals surface area contributed by atoms with Crippen LogP contribution >= 0.6 is 20.6 Å². The highest BCUT2D eigenvalue weighted by molar-refractivity contribution is 7.43. The summed E-state index contributed by atoms with van der Waals surface area (Å²) in [6, 6.07) is 1.99. The minimum absolute atomic E-state index is 0.163. The van der Waals surface area contributed by atoms with E-state index in [1.165, 1.54) is 9.50 Å². The number of aryl methyl sites for hydroxylation is 1. The highest BCUT2D eigenvalue weighted by atomic mass is 32.1. The van der Waals surface area contributed by atoms with Crippen LogP contribution in [0, 0.1) is 6.92 Å². The molecule has 0 radical (unpaired) electrons. The quantitative estimate of drug-likeness (QED) is 0.609. The summed E-state index contributed by atoms with van der Waals surface area (Å²) in [5, 5.41) is 8.73. The molecular weight excluding hydrogens is 151 g/mol. The summed E-state index contributed by atoms with van der Waals surface area (Å²) in [5.74, 6) is 0. The number of aliphatic hydroxyl groups is 1. The molecule has 0 aliphatic rings. The van der Waals surface area contributed by atoms with Crippen LogP contribution in [0.5, 0.6) is 0 Å². The molecule has 9 heavy (non-hydrogen) atoms. The van der Waals surface area contributed by atoms with Crippen molar-refractivity contribution < 1.29 is 5.11 Å². The van der Waals surface area contributed by atoms with Crippen molar-refractivity contribution in [3.63, 3.8) is 0 Å². The molecule has 0 amide bonds. The molecule has 0 saturated heterocycles. The van der Waals surface area contributed by atoms with E-state index in [1.807, 2.05) is 13.0 Å². The lowest BCUT2D eigenvalue weighted by Crippen LogP contribution is -1.80. The van der Waals surface area contributed by atoms with Crippen molar-refractivity contribution in [2.24, 2.45) is 0 Å². The number of hydrogen-bond acceptors (Lipinski definition) is 2. The van der Waals surface area contributed by atoms with Gasteiger partial charge >= 0.3 is 0 Å². The molecule has 0 saturated carbocycles. The predicted molar refractivity (Wildman–Crippen MR) is 44.3 cm³/mol. The van der Waals surface area contributed by atoms with Crippen LogP contribution in [0.4, 0.5) is 0 Å². The maximum Gasteiger partial charge on any atom is 0.0692 e. The molecule has 0 fully saturated rings. The molecule has 1 unspecified atom stereocenters. The Morgan fingerprint density at radius 1 is 1.78 bits per heavy atom. The van der Waals surface area contributed by atoms with Gasteiger partial charge in [-0.2, -0.15) is 0 Å². The maximum atomic E-state index is 8.73. The Morgan fingerprint density at radius 3 is 2.67 bits per heavy atom. The molecule has 1 heterocycles. The summed E-state index contributed by atoms with van der Waals surface area (Å²) in [7, 11) is 2.62. The molecule has 0 bridgehead atoms. The van der Waals surface area contributed by atoms with E-state index in [0.717, 1.165) is 5.56 Å². The van der Waals surface area contributed by atoms with Gasteiger partial charge in [-0.1, -0.05) is 9.24 Å². The van der Waals surface area contributed by atoms with E-state index in [2.05, 4.69) is 9.24 Å². The molecule has 0 aliphatic carbocycles. The average molecular weight is 160 g/mol. The van der Waals surface area contributed by atoms with Gasteiger partial charge in [-0.3, -0.25) is 0 Å². The van der Waals surface area contributed by atoms with Gasteiger partial charge in [0, 0.05) is 9.50 Å². The second-order valence-electron chi connectivity index (χ2n) is 1.89. The van der Waals surface area contributed by atoms with E-state index < -0.39 is 0 Å². The van der Waals surface area contributed by atoms with E-state index >= 15 is 0 Å². The van der Waals surface area contributed by atoms with Crippen LogP contribution in [-0.4, -0.2) is 5.11 Å². The molecule has 0 spiro atoms. The third-order valence-electron chi connectivity index (χ3n) is 1.21. The van der Waals surface area contributed by atoms with E-state index in [0.29, 0.717) is 0 Å². The van der Waals surface area contributed by atoms with Crippen molar-refractivity contribution in [2.45, 2.75) is 13.5 Å². The second kappa shape index (κ2) is 2.78. The lowest BCUT2D eigenvalue weighted by molar-refractivity contribution is 0.281. The van der Waals surface area contributed by atoms with Gasteiger partial charge in [0.2, 0.25) is 0 Å². The zero-order valence-electron chi connectivity index (χ0n) is 5.22. The predicted octanol–water partition coefficient (Wildman–Crippen LogP) is 1.05. The van der Waals surface area contributed by atoms with Gasteiger partial charge in [-0.05, 0) is 18.6 Å². The number of hydrogen-bond donors (Lipinski definition) is 1. The van der Waals surface area contributed by atoms with Gasteiger partial charge in [0.25, 0.3) is 0 Å². The maximum absolute atomic E-state index is 8.73. The summed E-state index contributed by atoms with van der Waals surface area (Å²) in [5.41, 5.74) is 1.05. The van der Waals surface area contributed by atoms with Gasteiger partial charge in [-0.15, -0.1) is 11.3 Å². The summed E-state index contributed by atoms with van der Waals surface area (Å²) in [4.78, 5) is 1.21. The van der Waals surface area contributed by atoms with Crippen molar-refractivity contribution in [1.82, 2.24) is 0 Å². The smallest absolute Gasteiger partial charge is 0.0692 e. The van der Waals surface area contributed by atoms with Crippen LogP contribution in [0.2, 0.25) is 0 Å². The molecule has 50 valence electrons. The first kappa shape index (κ1) is 7.20. The fourth-order valence-corrected chi connectivity index (χ4v) is 2.24. The zero-order chi connectivity index (χ0) is 6.85. The minimum atomic E-state index is 0.163. The van der Waals surface area contributed by atoms with Crippen molar-refractivity contribution in [2.75, 3.05) is 0 Å². The Labute approximate surface area is 60.9 Å². The van der Waals surface area contributed by atoms with Crippen molar-refractivity contribution in [3.8, 4) is 0 Å². The van der Waals surface area contributed by atoms with E-state index in [-0.39, 0.29) is 6.61 Å². The first-order valence-corrected chi connectivity index (χ1v) is 4.09. The second-order valence-corrected chi connectivity index (χ2v) is 4.22. The average Bonchev–Trinajstić information content (AvgIpc) is 2.10. The van der Waals surface area contributed by atoms with Gasteiger partial charge in [-0.25, -0.2) is 0 Å². The third-order valence-corrected chi connectivity index (χ3v) is 2.65. The van der Waals surface area contributed by atoms with Crippen LogP contribution in [0.25, 0.3) is 0 Å². The lowest BCUT2D eigenvalue weighted by Gasteiger charge is -1.87. The molecule has 0 aromatic carbocycles. The van der Waals surface area contributed by atoms with Crippen LogP contribution < -0.4 is 4.62 Å². The van der Waals surface area contributed by atoms with Crippen LogP contribution in [0.15, 0.2) is 6.07 Å². The fraction of sp³-hybridized carbons (Fsp3) is 0.333. The van der Waals surface area contributed by atoms with Crippen molar-refractivity contribution in [3.05, 3.63) is 16.5 Å². The molecule has 1 atom stereocenters. The number of thiophene rings is 1. The largest absolute Gasteiger partial charge is 0.392 e. The molecule has 1 rings (SSSR count). The Balaban J connectivity index is 3.01. The topological polar surface area (TPSA) is 20.2 Å². The number of rotatable bonds is 1. The molecular formula is C6H9OPS. The third kappa shape index (κ3) is 1.51. The summed E-state index contributed by atoms with van der Waals surface area (Å²) >= 11 is 1.70. The normalized spacial score (nSPS) is 10.1. The highest BCUT2D eigenvalue weighted by Gasteiger charge is 1.98. The molecule has 0 aliphatic heterocycles. The van der Waals surface area contributed by atoms with E-state index in [9.17, 15) is 0 Å². The van der Waals surface area contributed by atoms with Gasteiger partial charge in [0.05, 0.1) is 6.61 Å². The SMILES string of the molecule is Cc1sc(P)cc1CO. The van der Waals surface area contributed by atoms with Crippen LogP contribution in [0.1, 0.15) is 10.4 Å². The Bertz CT molecular complexity index is 207. The lowest BCUT2D eigenvalue weighted by atomic mass is 10.3. The van der Waals surface area contributed by atoms with Crippen molar-refractivity contribution >= 4 is 25.2 Å². The molecule has 1 nitrogen and oxygen atoms in total. The fourth-order valence-electron chi connectivity index (χ4n) is 0.702. The van der Waals surface area contributed by atoms with E-state index in [4.69, 9.17) is 5.11 Å². The summed E-state index contributed by atoms with van der Waals surface area (Å²) in [6.45, 7) is 2.18.